The van der Waals surface area contributed by atoms with Gasteiger partial charge in [0.25, 0.3) is 0 Å². The SMILES string of the molecule is CCOc1cccc(C2NN=C3CCNCC32)c1OC. The molecule has 1 aromatic rings. The van der Waals surface area contributed by atoms with E-state index in [-0.39, 0.29) is 6.04 Å². The summed E-state index contributed by atoms with van der Waals surface area (Å²) in [5.41, 5.74) is 5.65. The van der Waals surface area contributed by atoms with E-state index in [1.165, 1.54) is 5.71 Å². The third-order valence-electron chi connectivity index (χ3n) is 3.95. The molecule has 3 rings (SSSR count). The van der Waals surface area contributed by atoms with Crippen LogP contribution in [0.1, 0.15) is 24.9 Å². The van der Waals surface area contributed by atoms with Crippen LogP contribution in [0.15, 0.2) is 23.3 Å². The van der Waals surface area contributed by atoms with Crippen molar-refractivity contribution in [3.8, 4) is 11.5 Å². The Kier molecular flexibility index (Phi) is 3.78. The first-order valence-electron chi connectivity index (χ1n) is 7.17. The van der Waals surface area contributed by atoms with Crippen LogP contribution in [0.4, 0.5) is 0 Å². The Morgan fingerprint density at radius 2 is 2.30 bits per heavy atom. The molecule has 1 fully saturated rings. The van der Waals surface area contributed by atoms with Crippen LogP contribution in [-0.4, -0.2) is 32.5 Å². The molecule has 2 heterocycles. The van der Waals surface area contributed by atoms with E-state index in [1.54, 1.807) is 7.11 Å². The zero-order chi connectivity index (χ0) is 13.9. The van der Waals surface area contributed by atoms with Crippen molar-refractivity contribution in [2.45, 2.75) is 19.4 Å². The van der Waals surface area contributed by atoms with E-state index in [4.69, 9.17) is 9.47 Å². The minimum atomic E-state index is 0.160. The maximum absolute atomic E-state index is 5.66. The Morgan fingerprint density at radius 1 is 1.40 bits per heavy atom. The highest BCUT2D eigenvalue weighted by atomic mass is 16.5. The van der Waals surface area contributed by atoms with Crippen molar-refractivity contribution in [2.75, 3.05) is 26.8 Å². The van der Waals surface area contributed by atoms with Crippen LogP contribution in [0.2, 0.25) is 0 Å². The van der Waals surface area contributed by atoms with Gasteiger partial charge in [0.1, 0.15) is 0 Å². The van der Waals surface area contributed by atoms with Crippen molar-refractivity contribution in [1.29, 1.82) is 0 Å². The molecule has 0 bridgehead atoms. The molecule has 2 aliphatic heterocycles. The highest BCUT2D eigenvalue weighted by Gasteiger charge is 2.36. The van der Waals surface area contributed by atoms with Crippen LogP contribution in [0.25, 0.3) is 0 Å². The van der Waals surface area contributed by atoms with Crippen LogP contribution in [0.3, 0.4) is 0 Å². The van der Waals surface area contributed by atoms with E-state index in [1.807, 2.05) is 19.1 Å². The predicted octanol–water partition coefficient (Wildman–Crippen LogP) is 1.70. The summed E-state index contributed by atoms with van der Waals surface area (Å²) in [7, 11) is 1.69. The van der Waals surface area contributed by atoms with E-state index >= 15 is 0 Å². The van der Waals surface area contributed by atoms with E-state index < -0.39 is 0 Å². The second kappa shape index (κ2) is 5.71. The number of hydrogen-bond donors (Lipinski definition) is 2. The summed E-state index contributed by atoms with van der Waals surface area (Å²) in [6.45, 7) is 4.58. The quantitative estimate of drug-likeness (QED) is 0.878. The highest BCUT2D eigenvalue weighted by Crippen LogP contribution is 2.40. The number of piperidine rings is 1. The first-order valence-corrected chi connectivity index (χ1v) is 7.17. The van der Waals surface area contributed by atoms with E-state index in [0.29, 0.717) is 12.5 Å². The summed E-state index contributed by atoms with van der Waals surface area (Å²) >= 11 is 0. The van der Waals surface area contributed by atoms with E-state index in [9.17, 15) is 0 Å². The van der Waals surface area contributed by atoms with Crippen molar-refractivity contribution < 1.29 is 9.47 Å². The number of ether oxygens (including phenoxy) is 2. The summed E-state index contributed by atoms with van der Waals surface area (Å²) in [4.78, 5) is 0. The predicted molar refractivity (Wildman–Crippen MR) is 78.5 cm³/mol. The molecule has 5 heteroatoms. The molecule has 0 aromatic heterocycles. The molecular weight excluding hydrogens is 254 g/mol. The lowest BCUT2D eigenvalue weighted by Crippen LogP contribution is -2.38. The van der Waals surface area contributed by atoms with Gasteiger partial charge < -0.3 is 20.2 Å². The summed E-state index contributed by atoms with van der Waals surface area (Å²) in [6.07, 6.45) is 1.02. The Bertz CT molecular complexity index is 516. The number of methoxy groups -OCH3 is 1. The molecule has 0 aliphatic carbocycles. The van der Waals surface area contributed by atoms with Crippen LogP contribution in [0.5, 0.6) is 11.5 Å². The molecule has 0 saturated carbocycles. The third kappa shape index (κ3) is 2.22. The van der Waals surface area contributed by atoms with Gasteiger partial charge in [-0.1, -0.05) is 12.1 Å². The summed E-state index contributed by atoms with van der Waals surface area (Å²) in [5.74, 6) is 2.01. The fourth-order valence-corrected chi connectivity index (χ4v) is 3.02. The minimum absolute atomic E-state index is 0.160. The lowest BCUT2D eigenvalue weighted by Gasteiger charge is -2.26. The number of hydrogen-bond acceptors (Lipinski definition) is 5. The van der Waals surface area contributed by atoms with E-state index in [2.05, 4.69) is 21.9 Å². The number of benzene rings is 1. The van der Waals surface area contributed by atoms with Gasteiger partial charge in [0.2, 0.25) is 0 Å². The normalized spacial score (nSPS) is 24.6. The molecule has 2 aliphatic rings. The average Bonchev–Trinajstić information content (AvgIpc) is 2.91. The van der Waals surface area contributed by atoms with Gasteiger partial charge in [-0.05, 0) is 13.0 Å². The monoisotopic (exact) mass is 275 g/mol. The largest absolute Gasteiger partial charge is 0.492 e. The number of rotatable bonds is 4. The van der Waals surface area contributed by atoms with Gasteiger partial charge in [-0.3, -0.25) is 0 Å². The summed E-state index contributed by atoms with van der Waals surface area (Å²) in [6, 6.07) is 6.21. The zero-order valence-corrected chi connectivity index (χ0v) is 12.0. The standard InChI is InChI=1S/C15H21N3O2/c1-3-20-13-6-4-5-10(15(13)19-2)14-11-9-16-8-7-12(11)17-18-14/h4-6,11,14,16,18H,3,7-9H2,1-2H3. The van der Waals surface area contributed by atoms with Crippen molar-refractivity contribution in [2.24, 2.45) is 11.0 Å². The van der Waals surface area contributed by atoms with Crippen LogP contribution in [0, 0.1) is 5.92 Å². The van der Waals surface area contributed by atoms with Gasteiger partial charge in [0.05, 0.1) is 19.8 Å². The van der Waals surface area contributed by atoms with Crippen LogP contribution >= 0.6 is 0 Å². The maximum Gasteiger partial charge on any atom is 0.166 e. The fourth-order valence-electron chi connectivity index (χ4n) is 3.02. The Morgan fingerprint density at radius 3 is 3.10 bits per heavy atom. The maximum atomic E-state index is 5.66. The molecule has 108 valence electrons. The van der Waals surface area contributed by atoms with E-state index in [0.717, 1.165) is 36.6 Å². The lowest BCUT2D eigenvalue weighted by atomic mass is 9.87. The molecule has 2 N–H and O–H groups in total. The lowest BCUT2D eigenvalue weighted by molar-refractivity contribution is 0.305. The van der Waals surface area contributed by atoms with Crippen LogP contribution < -0.4 is 20.2 Å². The smallest absolute Gasteiger partial charge is 0.166 e. The van der Waals surface area contributed by atoms with Gasteiger partial charge in [-0.25, -0.2) is 0 Å². The van der Waals surface area contributed by atoms with Crippen molar-refractivity contribution in [3.63, 3.8) is 0 Å². The fraction of sp³-hybridized carbons (Fsp3) is 0.533. The third-order valence-corrected chi connectivity index (χ3v) is 3.95. The zero-order valence-electron chi connectivity index (χ0n) is 12.0. The molecule has 0 spiro atoms. The Balaban J connectivity index is 1.92. The molecule has 5 nitrogen and oxygen atoms in total. The van der Waals surface area contributed by atoms with Gasteiger partial charge in [0, 0.05) is 36.7 Å². The van der Waals surface area contributed by atoms with Crippen molar-refractivity contribution >= 4 is 5.71 Å². The number of para-hydroxylation sites is 1. The second-order valence-electron chi connectivity index (χ2n) is 5.08. The first-order chi connectivity index (χ1) is 9.85. The van der Waals surface area contributed by atoms with Gasteiger partial charge in [0.15, 0.2) is 11.5 Å². The van der Waals surface area contributed by atoms with Gasteiger partial charge in [-0.2, -0.15) is 5.10 Å². The molecule has 1 aromatic carbocycles. The summed E-state index contributed by atoms with van der Waals surface area (Å²) < 4.78 is 11.2. The van der Waals surface area contributed by atoms with Crippen LogP contribution in [-0.2, 0) is 0 Å². The van der Waals surface area contributed by atoms with Crippen molar-refractivity contribution in [3.05, 3.63) is 23.8 Å². The topological polar surface area (TPSA) is 54.9 Å². The van der Waals surface area contributed by atoms with Crippen molar-refractivity contribution in [1.82, 2.24) is 10.7 Å². The number of hydrazone groups is 1. The van der Waals surface area contributed by atoms with Gasteiger partial charge in [-0.15, -0.1) is 0 Å². The first kappa shape index (κ1) is 13.2. The highest BCUT2D eigenvalue weighted by molar-refractivity contribution is 5.90. The number of nitrogens with zero attached hydrogens (tertiary/aromatic N) is 1. The molecule has 20 heavy (non-hydrogen) atoms. The second-order valence-corrected chi connectivity index (χ2v) is 5.08. The molecular formula is C15H21N3O2. The molecule has 0 amide bonds. The molecule has 2 unspecified atom stereocenters. The molecule has 0 radical (unpaired) electrons. The van der Waals surface area contributed by atoms with Gasteiger partial charge >= 0.3 is 0 Å². The number of nitrogens with one attached hydrogen (secondary N) is 2. The average molecular weight is 275 g/mol. The molecule has 1 saturated heterocycles. The Hall–Kier alpha value is -1.75. The minimum Gasteiger partial charge on any atom is -0.492 e. The Labute approximate surface area is 119 Å². The number of fused-ring (bicyclic) bond motifs is 1. The molecule has 2 atom stereocenters. The summed E-state index contributed by atoms with van der Waals surface area (Å²) in [5, 5.41) is 7.94.